The highest BCUT2D eigenvalue weighted by molar-refractivity contribution is 6.30. The number of nitrogens with two attached hydrogens (primary N) is 1. The zero-order valence-electron chi connectivity index (χ0n) is 16.2. The molecule has 1 saturated heterocycles. The lowest BCUT2D eigenvalue weighted by molar-refractivity contribution is 0.0529. The molecule has 0 amide bonds. The summed E-state index contributed by atoms with van der Waals surface area (Å²) < 4.78 is 27.4. The van der Waals surface area contributed by atoms with E-state index in [1.165, 1.54) is 12.1 Å². The summed E-state index contributed by atoms with van der Waals surface area (Å²) in [5.41, 5.74) is 8.87. The fourth-order valence-corrected chi connectivity index (χ4v) is 4.56. The molecule has 1 fully saturated rings. The summed E-state index contributed by atoms with van der Waals surface area (Å²) in [5.74, 6) is -1.01. The maximum absolute atomic E-state index is 13.7. The maximum atomic E-state index is 13.7. The molecule has 2 nitrogen and oxygen atoms in total. The molecule has 1 unspecified atom stereocenters. The van der Waals surface area contributed by atoms with E-state index in [-0.39, 0.29) is 17.9 Å². The zero-order chi connectivity index (χ0) is 21.3. The van der Waals surface area contributed by atoms with Crippen LogP contribution in [0.2, 0.25) is 10.0 Å². The van der Waals surface area contributed by atoms with E-state index >= 15 is 0 Å². The van der Waals surface area contributed by atoms with E-state index in [4.69, 9.17) is 28.9 Å². The third kappa shape index (κ3) is 4.52. The first-order valence-corrected chi connectivity index (χ1v) is 10.6. The van der Waals surface area contributed by atoms with Crippen molar-refractivity contribution in [2.75, 3.05) is 19.6 Å². The largest absolute Gasteiger partial charge is 0.330 e. The lowest BCUT2D eigenvalue weighted by atomic mass is 9.79. The third-order valence-corrected chi connectivity index (χ3v) is 6.31. The van der Waals surface area contributed by atoms with Gasteiger partial charge in [0.2, 0.25) is 0 Å². The molecule has 3 aromatic carbocycles. The van der Waals surface area contributed by atoms with Crippen molar-refractivity contribution in [3.63, 3.8) is 0 Å². The molecular weight excluding hydrogens is 425 g/mol. The van der Waals surface area contributed by atoms with Crippen LogP contribution in [0, 0.1) is 17.6 Å². The van der Waals surface area contributed by atoms with Crippen molar-refractivity contribution in [1.29, 1.82) is 0 Å². The minimum absolute atomic E-state index is 0.0402. The molecule has 0 spiro atoms. The Hall–Kier alpha value is -1.98. The van der Waals surface area contributed by atoms with Gasteiger partial charge in [-0.15, -0.1) is 0 Å². The molecule has 0 bridgehead atoms. The van der Waals surface area contributed by atoms with Gasteiger partial charge >= 0.3 is 0 Å². The summed E-state index contributed by atoms with van der Waals surface area (Å²) >= 11 is 12.2. The molecule has 0 aliphatic carbocycles. The van der Waals surface area contributed by atoms with Crippen LogP contribution in [0.4, 0.5) is 8.78 Å². The van der Waals surface area contributed by atoms with Crippen LogP contribution in [-0.4, -0.2) is 24.5 Å². The molecular formula is C24H22Cl2F2N2. The molecule has 4 rings (SSSR count). The summed E-state index contributed by atoms with van der Waals surface area (Å²) in [5, 5.41) is 1.37. The third-order valence-electron chi connectivity index (χ3n) is 5.81. The smallest absolute Gasteiger partial charge is 0.126 e. The summed E-state index contributed by atoms with van der Waals surface area (Å²) in [6, 6.07) is 19.3. The van der Waals surface area contributed by atoms with Crippen molar-refractivity contribution in [1.82, 2.24) is 4.90 Å². The monoisotopic (exact) mass is 446 g/mol. The lowest BCUT2D eigenvalue weighted by Crippen LogP contribution is -2.52. The van der Waals surface area contributed by atoms with Crippen molar-refractivity contribution in [3.8, 4) is 0 Å². The number of likely N-dealkylation sites (tertiary alicyclic amines) is 1. The van der Waals surface area contributed by atoms with Gasteiger partial charge in [0.1, 0.15) is 11.6 Å². The van der Waals surface area contributed by atoms with Crippen LogP contribution in [-0.2, 0) is 0 Å². The van der Waals surface area contributed by atoms with Gasteiger partial charge in [0.05, 0.1) is 6.04 Å². The van der Waals surface area contributed by atoms with Crippen molar-refractivity contribution in [3.05, 3.63) is 105 Å². The predicted molar refractivity (Wildman–Crippen MR) is 118 cm³/mol. The molecule has 156 valence electrons. The van der Waals surface area contributed by atoms with E-state index < -0.39 is 11.6 Å². The molecule has 0 aromatic heterocycles. The molecule has 0 radical (unpaired) electrons. The van der Waals surface area contributed by atoms with Gasteiger partial charge in [-0.3, -0.25) is 4.90 Å². The molecule has 0 saturated carbocycles. The maximum Gasteiger partial charge on any atom is 0.126 e. The molecule has 3 aromatic rings. The van der Waals surface area contributed by atoms with Crippen LogP contribution in [0.25, 0.3) is 0 Å². The van der Waals surface area contributed by atoms with Crippen LogP contribution in [0.15, 0.2) is 66.7 Å². The van der Waals surface area contributed by atoms with Gasteiger partial charge in [0, 0.05) is 35.1 Å². The van der Waals surface area contributed by atoms with Crippen LogP contribution in [0.1, 0.15) is 28.7 Å². The highest BCUT2D eigenvalue weighted by Gasteiger charge is 2.38. The molecule has 2 N–H and O–H groups in total. The first-order valence-electron chi connectivity index (χ1n) is 9.85. The minimum Gasteiger partial charge on any atom is -0.330 e. The van der Waals surface area contributed by atoms with Crippen LogP contribution >= 0.6 is 23.2 Å². The van der Waals surface area contributed by atoms with E-state index in [9.17, 15) is 8.78 Å². The van der Waals surface area contributed by atoms with E-state index in [2.05, 4.69) is 4.90 Å². The van der Waals surface area contributed by atoms with Gasteiger partial charge in [-0.2, -0.15) is 0 Å². The number of hydrogen-bond acceptors (Lipinski definition) is 2. The first kappa shape index (κ1) is 21.3. The Labute approximate surface area is 185 Å². The van der Waals surface area contributed by atoms with Gasteiger partial charge in [-0.05, 0) is 65.6 Å². The second kappa shape index (κ2) is 9.03. The predicted octanol–water partition coefficient (Wildman–Crippen LogP) is 6.04. The average molecular weight is 447 g/mol. The van der Waals surface area contributed by atoms with E-state index in [1.807, 2.05) is 48.5 Å². The number of nitrogens with zero attached hydrogens (tertiary/aromatic N) is 1. The standard InChI is InChI=1S/C24H22Cl2F2N2/c25-19-5-1-15(2-6-19)24(16-3-7-20(26)8-4-16)30-13-18(14-30)23(12-29)17-9-21(27)11-22(28)10-17/h1-11,18,23-24H,12-14,29H2. The SMILES string of the molecule is NCC(c1cc(F)cc(F)c1)C1CN(C(c2ccc(Cl)cc2)c2ccc(Cl)cc2)C1. The molecule has 1 atom stereocenters. The number of hydrogen-bond donors (Lipinski definition) is 1. The Morgan fingerprint density at radius 3 is 1.70 bits per heavy atom. The second-order valence-corrected chi connectivity index (χ2v) is 8.64. The van der Waals surface area contributed by atoms with Gasteiger partial charge in [0.15, 0.2) is 0 Å². The highest BCUT2D eigenvalue weighted by Crippen LogP contribution is 2.40. The van der Waals surface area contributed by atoms with Crippen LogP contribution in [0.5, 0.6) is 0 Å². The van der Waals surface area contributed by atoms with Crippen molar-refractivity contribution in [2.24, 2.45) is 11.7 Å². The van der Waals surface area contributed by atoms with E-state index in [0.29, 0.717) is 22.2 Å². The molecule has 6 heteroatoms. The van der Waals surface area contributed by atoms with Crippen molar-refractivity contribution >= 4 is 23.2 Å². The minimum atomic E-state index is -0.570. The van der Waals surface area contributed by atoms with Gasteiger partial charge in [-0.1, -0.05) is 47.5 Å². The van der Waals surface area contributed by atoms with Crippen molar-refractivity contribution < 1.29 is 8.78 Å². The Morgan fingerprint density at radius 1 is 0.800 bits per heavy atom. The van der Waals surface area contributed by atoms with Gasteiger partial charge in [-0.25, -0.2) is 8.78 Å². The summed E-state index contributed by atoms with van der Waals surface area (Å²) in [6.07, 6.45) is 0. The lowest BCUT2D eigenvalue weighted by Gasteiger charge is -2.48. The summed E-state index contributed by atoms with van der Waals surface area (Å²) in [4.78, 5) is 2.34. The molecule has 1 aliphatic rings. The van der Waals surface area contributed by atoms with Crippen molar-refractivity contribution in [2.45, 2.75) is 12.0 Å². The number of halogens is 4. The highest BCUT2D eigenvalue weighted by atomic mass is 35.5. The summed E-state index contributed by atoms with van der Waals surface area (Å²) in [7, 11) is 0. The fourth-order valence-electron chi connectivity index (χ4n) is 4.31. The Morgan fingerprint density at radius 2 is 1.27 bits per heavy atom. The fraction of sp³-hybridized carbons (Fsp3) is 0.250. The topological polar surface area (TPSA) is 29.3 Å². The second-order valence-electron chi connectivity index (χ2n) is 7.76. The average Bonchev–Trinajstić information content (AvgIpc) is 2.68. The zero-order valence-corrected chi connectivity index (χ0v) is 17.8. The Bertz CT molecular complexity index is 937. The normalized spacial score (nSPS) is 15.9. The van der Waals surface area contributed by atoms with Gasteiger partial charge < -0.3 is 5.73 Å². The molecule has 30 heavy (non-hydrogen) atoms. The van der Waals surface area contributed by atoms with Gasteiger partial charge in [0.25, 0.3) is 0 Å². The molecule has 1 heterocycles. The van der Waals surface area contributed by atoms with Crippen LogP contribution in [0.3, 0.4) is 0 Å². The van der Waals surface area contributed by atoms with Crippen LogP contribution < -0.4 is 5.73 Å². The Kier molecular flexibility index (Phi) is 6.40. The van der Waals surface area contributed by atoms with E-state index in [1.54, 1.807) is 0 Å². The summed E-state index contributed by atoms with van der Waals surface area (Å²) in [6.45, 7) is 1.89. The number of rotatable bonds is 6. The first-order chi connectivity index (χ1) is 14.4. The molecule has 1 aliphatic heterocycles. The Balaban J connectivity index is 1.58. The quantitative estimate of drug-likeness (QED) is 0.500. The number of benzene rings is 3. The van der Waals surface area contributed by atoms with E-state index in [0.717, 1.165) is 30.3 Å².